The second-order valence-electron chi connectivity index (χ2n) is 5.86. The molecule has 0 aliphatic carbocycles. The molecule has 7 heteroatoms. The van der Waals surface area contributed by atoms with Crippen LogP contribution in [0.3, 0.4) is 0 Å². The van der Waals surface area contributed by atoms with E-state index in [2.05, 4.69) is 20.9 Å². The lowest BCUT2D eigenvalue weighted by molar-refractivity contribution is -0.117. The van der Waals surface area contributed by atoms with Crippen molar-refractivity contribution in [3.05, 3.63) is 83.2 Å². The van der Waals surface area contributed by atoms with Gasteiger partial charge in [-0.15, -0.1) is 11.3 Å². The smallest absolute Gasteiger partial charge is 0.321 e. The minimum atomic E-state index is -1.05. The number of para-hydroxylation sites is 1. The van der Waals surface area contributed by atoms with Gasteiger partial charge in [-0.25, -0.2) is 9.79 Å². The molecule has 3 N–H and O–H groups in total. The average Bonchev–Trinajstić information content (AvgIpc) is 3.14. The van der Waals surface area contributed by atoms with Crippen LogP contribution in [0.1, 0.15) is 11.1 Å². The van der Waals surface area contributed by atoms with Crippen LogP contribution in [0.5, 0.6) is 0 Å². The molecule has 1 aromatic heterocycles. The SMILES string of the molecule is O=C(Nc1cccs1)NC1N=C(c2ccccc2)c2ccccc2NC1=O. The molecular formula is C20H16N4O2S. The molecule has 0 saturated carbocycles. The molecular weight excluding hydrogens is 360 g/mol. The van der Waals surface area contributed by atoms with Crippen molar-refractivity contribution in [1.29, 1.82) is 0 Å². The Balaban J connectivity index is 1.68. The summed E-state index contributed by atoms with van der Waals surface area (Å²) in [6, 6.07) is 20.2. The van der Waals surface area contributed by atoms with Gasteiger partial charge in [0.15, 0.2) is 0 Å². The summed E-state index contributed by atoms with van der Waals surface area (Å²) in [6.07, 6.45) is -1.05. The molecule has 0 spiro atoms. The maximum Gasteiger partial charge on any atom is 0.321 e. The van der Waals surface area contributed by atoms with Gasteiger partial charge in [-0.3, -0.25) is 10.1 Å². The number of nitrogens with one attached hydrogen (secondary N) is 3. The van der Waals surface area contributed by atoms with Crippen LogP contribution in [0.25, 0.3) is 0 Å². The van der Waals surface area contributed by atoms with Crippen molar-refractivity contribution in [3.63, 3.8) is 0 Å². The Labute approximate surface area is 160 Å². The van der Waals surface area contributed by atoms with E-state index in [-0.39, 0.29) is 0 Å². The number of carbonyl (C=O) groups excluding carboxylic acids is 2. The Morgan fingerprint density at radius 1 is 1.00 bits per heavy atom. The number of rotatable bonds is 3. The van der Waals surface area contributed by atoms with E-state index in [4.69, 9.17) is 0 Å². The van der Waals surface area contributed by atoms with Gasteiger partial charge in [0.1, 0.15) is 0 Å². The lowest BCUT2D eigenvalue weighted by Gasteiger charge is -2.13. The van der Waals surface area contributed by atoms with Crippen LogP contribution in [-0.4, -0.2) is 23.8 Å². The highest BCUT2D eigenvalue weighted by molar-refractivity contribution is 7.14. The van der Waals surface area contributed by atoms with Gasteiger partial charge >= 0.3 is 6.03 Å². The number of hydrogen-bond acceptors (Lipinski definition) is 4. The highest BCUT2D eigenvalue weighted by Crippen LogP contribution is 2.23. The van der Waals surface area contributed by atoms with E-state index in [1.54, 1.807) is 6.07 Å². The maximum absolute atomic E-state index is 12.6. The number of benzene rings is 2. The largest absolute Gasteiger partial charge is 0.322 e. The van der Waals surface area contributed by atoms with Gasteiger partial charge in [-0.05, 0) is 23.6 Å². The summed E-state index contributed by atoms with van der Waals surface area (Å²) in [5.41, 5.74) is 2.98. The molecule has 2 aromatic carbocycles. The van der Waals surface area contributed by atoms with Crippen LogP contribution in [-0.2, 0) is 4.79 Å². The fourth-order valence-electron chi connectivity index (χ4n) is 2.80. The van der Waals surface area contributed by atoms with Gasteiger partial charge in [0.25, 0.3) is 5.91 Å². The van der Waals surface area contributed by atoms with Crippen molar-refractivity contribution in [3.8, 4) is 0 Å². The van der Waals surface area contributed by atoms with Crippen LogP contribution in [0.4, 0.5) is 15.5 Å². The van der Waals surface area contributed by atoms with Gasteiger partial charge in [0, 0.05) is 11.1 Å². The summed E-state index contributed by atoms with van der Waals surface area (Å²) in [5, 5.41) is 10.7. The van der Waals surface area contributed by atoms with Crippen LogP contribution in [0.2, 0.25) is 0 Å². The molecule has 1 unspecified atom stereocenters. The number of anilines is 2. The van der Waals surface area contributed by atoms with E-state index in [0.717, 1.165) is 11.1 Å². The predicted octanol–water partition coefficient (Wildman–Crippen LogP) is 3.69. The molecule has 0 saturated heterocycles. The normalized spacial score (nSPS) is 15.8. The second-order valence-corrected chi connectivity index (χ2v) is 6.80. The zero-order valence-electron chi connectivity index (χ0n) is 14.2. The summed E-state index contributed by atoms with van der Waals surface area (Å²) < 4.78 is 0. The van der Waals surface area contributed by atoms with Crippen LogP contribution in [0, 0.1) is 0 Å². The number of fused-ring (bicyclic) bond motifs is 1. The first-order valence-electron chi connectivity index (χ1n) is 8.35. The first kappa shape index (κ1) is 17.0. The summed E-state index contributed by atoms with van der Waals surface area (Å²) >= 11 is 1.40. The molecule has 3 aromatic rings. The summed E-state index contributed by atoms with van der Waals surface area (Å²) in [4.78, 5) is 29.5. The Kier molecular flexibility index (Phi) is 4.67. The van der Waals surface area contributed by atoms with Crippen molar-refractivity contribution in [2.24, 2.45) is 4.99 Å². The van der Waals surface area contributed by atoms with Gasteiger partial charge in [-0.1, -0.05) is 48.5 Å². The summed E-state index contributed by atoms with van der Waals surface area (Å²) in [7, 11) is 0. The van der Waals surface area contributed by atoms with Crippen molar-refractivity contribution < 1.29 is 9.59 Å². The average molecular weight is 376 g/mol. The van der Waals surface area contributed by atoms with Crippen LogP contribution < -0.4 is 16.0 Å². The Morgan fingerprint density at radius 3 is 2.56 bits per heavy atom. The summed E-state index contributed by atoms with van der Waals surface area (Å²) in [6.45, 7) is 0. The first-order chi connectivity index (χ1) is 13.2. The van der Waals surface area contributed by atoms with Crippen molar-refractivity contribution in [2.75, 3.05) is 10.6 Å². The van der Waals surface area contributed by atoms with Gasteiger partial charge in [0.2, 0.25) is 6.17 Å². The highest BCUT2D eigenvalue weighted by Gasteiger charge is 2.26. The van der Waals surface area contributed by atoms with Crippen molar-refractivity contribution in [1.82, 2.24) is 5.32 Å². The predicted molar refractivity (Wildman–Crippen MR) is 107 cm³/mol. The Morgan fingerprint density at radius 2 is 1.78 bits per heavy atom. The van der Waals surface area contributed by atoms with E-state index in [0.29, 0.717) is 16.4 Å². The number of benzodiazepines with no additional fused rings is 1. The Bertz CT molecular complexity index is 1000. The monoisotopic (exact) mass is 376 g/mol. The standard InChI is InChI=1S/C20H16N4O2S/c25-19-18(24-20(26)22-16-11-6-12-27-16)23-17(13-7-2-1-3-8-13)14-9-4-5-10-15(14)21-19/h1-12,18H,(H,21,25)(H2,22,24,26). The molecule has 27 heavy (non-hydrogen) atoms. The number of thiophene rings is 1. The van der Waals surface area contributed by atoms with E-state index in [1.165, 1.54) is 11.3 Å². The number of nitrogens with zero attached hydrogens (tertiary/aromatic N) is 1. The molecule has 1 aliphatic heterocycles. The highest BCUT2D eigenvalue weighted by atomic mass is 32.1. The van der Waals surface area contributed by atoms with Crippen molar-refractivity contribution >= 4 is 39.7 Å². The lowest BCUT2D eigenvalue weighted by Crippen LogP contribution is -2.44. The van der Waals surface area contributed by atoms with Gasteiger partial charge < -0.3 is 10.6 Å². The number of amides is 3. The fourth-order valence-corrected chi connectivity index (χ4v) is 3.42. The lowest BCUT2D eigenvalue weighted by atomic mass is 10.0. The minimum Gasteiger partial charge on any atom is -0.322 e. The Hall–Kier alpha value is -3.45. The molecule has 6 nitrogen and oxygen atoms in total. The number of hydrogen-bond donors (Lipinski definition) is 3. The molecule has 0 radical (unpaired) electrons. The van der Waals surface area contributed by atoms with Crippen LogP contribution >= 0.6 is 11.3 Å². The van der Waals surface area contributed by atoms with Crippen molar-refractivity contribution in [2.45, 2.75) is 6.17 Å². The molecule has 0 fully saturated rings. The number of aliphatic imine (C=N–C) groups is 1. The molecule has 1 atom stereocenters. The number of carbonyl (C=O) groups is 2. The van der Waals surface area contributed by atoms with Gasteiger partial charge in [-0.2, -0.15) is 0 Å². The fraction of sp³-hybridized carbons (Fsp3) is 0.0500. The quantitative estimate of drug-likeness (QED) is 0.652. The zero-order chi connectivity index (χ0) is 18.6. The third kappa shape index (κ3) is 3.73. The maximum atomic E-state index is 12.6. The summed E-state index contributed by atoms with van der Waals surface area (Å²) in [5.74, 6) is -0.394. The third-order valence-electron chi connectivity index (χ3n) is 4.02. The number of urea groups is 1. The molecule has 0 bridgehead atoms. The first-order valence-corrected chi connectivity index (χ1v) is 9.23. The van der Waals surface area contributed by atoms with E-state index in [1.807, 2.05) is 66.0 Å². The third-order valence-corrected chi connectivity index (χ3v) is 4.80. The molecule has 3 amide bonds. The zero-order valence-corrected chi connectivity index (χ0v) is 15.0. The van der Waals surface area contributed by atoms with E-state index < -0.39 is 18.1 Å². The molecule has 134 valence electrons. The van der Waals surface area contributed by atoms with E-state index in [9.17, 15) is 9.59 Å². The molecule has 1 aliphatic rings. The minimum absolute atomic E-state index is 0.394. The van der Waals surface area contributed by atoms with E-state index >= 15 is 0 Å². The van der Waals surface area contributed by atoms with Gasteiger partial charge in [0.05, 0.1) is 16.4 Å². The van der Waals surface area contributed by atoms with Crippen LogP contribution in [0.15, 0.2) is 77.1 Å². The second kappa shape index (κ2) is 7.43. The molecule has 4 rings (SSSR count). The molecule has 2 heterocycles. The topological polar surface area (TPSA) is 82.6 Å².